The lowest BCUT2D eigenvalue weighted by atomic mass is 10.3. The number of benzene rings is 1. The number of aliphatic hydroxyl groups excluding tert-OH is 1. The molecule has 3 N–H and O–H groups in total. The third-order valence-electron chi connectivity index (χ3n) is 2.86. The Morgan fingerprint density at radius 3 is 2.54 bits per heavy atom. The van der Waals surface area contributed by atoms with E-state index in [9.17, 15) is 13.2 Å². The Labute approximate surface area is 145 Å². The molecule has 24 heavy (non-hydrogen) atoms. The van der Waals surface area contributed by atoms with Crippen molar-refractivity contribution < 1.29 is 18.3 Å². The Kier molecular flexibility index (Phi) is 5.74. The summed E-state index contributed by atoms with van der Waals surface area (Å²) >= 11 is 11.8. The average Bonchev–Trinajstić information content (AvgIpc) is 2.49. The van der Waals surface area contributed by atoms with Gasteiger partial charge in [-0.25, -0.2) is 4.98 Å². The highest BCUT2D eigenvalue weighted by molar-refractivity contribution is 6.35. The third-order valence-corrected chi connectivity index (χ3v) is 3.42. The summed E-state index contributed by atoms with van der Waals surface area (Å²) in [7, 11) is 0. The van der Waals surface area contributed by atoms with Gasteiger partial charge in [-0.3, -0.25) is 0 Å². The molecule has 1 heterocycles. The number of anilines is 3. The summed E-state index contributed by atoms with van der Waals surface area (Å²) in [5.41, 5.74) is -0.831. The third kappa shape index (κ3) is 4.86. The normalized spacial score (nSPS) is 12.8. The number of nitrogens with one attached hydrogen (secondary N) is 2. The molecule has 0 saturated carbocycles. The van der Waals surface area contributed by atoms with Crippen LogP contribution >= 0.6 is 23.2 Å². The van der Waals surface area contributed by atoms with E-state index in [1.807, 2.05) is 0 Å². The van der Waals surface area contributed by atoms with Crippen LogP contribution in [0.25, 0.3) is 0 Å². The predicted octanol–water partition coefficient (Wildman–Crippen LogP) is 4.34. The molecule has 0 unspecified atom stereocenters. The number of hydrogen-bond acceptors (Lipinski definition) is 5. The monoisotopic (exact) mass is 380 g/mol. The SMILES string of the molecule is C[C@H](CO)Nc1nc(Nc2cc(Cl)ccc2Cl)cc(C(F)(F)F)n1. The first-order valence-corrected chi connectivity index (χ1v) is 7.50. The summed E-state index contributed by atoms with van der Waals surface area (Å²) < 4.78 is 39.0. The fourth-order valence-electron chi connectivity index (χ4n) is 1.72. The van der Waals surface area contributed by atoms with Crippen LogP contribution in [0.4, 0.5) is 30.6 Å². The Morgan fingerprint density at radius 1 is 1.21 bits per heavy atom. The van der Waals surface area contributed by atoms with Crippen molar-refractivity contribution in [2.75, 3.05) is 17.2 Å². The molecule has 0 saturated heterocycles. The van der Waals surface area contributed by atoms with Crippen LogP contribution in [0.2, 0.25) is 10.0 Å². The molecular formula is C14H13Cl2F3N4O. The quantitative estimate of drug-likeness (QED) is 0.719. The van der Waals surface area contributed by atoms with E-state index in [2.05, 4.69) is 20.6 Å². The van der Waals surface area contributed by atoms with Crippen molar-refractivity contribution in [3.63, 3.8) is 0 Å². The average molecular weight is 381 g/mol. The van der Waals surface area contributed by atoms with E-state index in [4.69, 9.17) is 28.3 Å². The molecule has 0 fully saturated rings. The van der Waals surface area contributed by atoms with Gasteiger partial charge >= 0.3 is 6.18 Å². The molecule has 130 valence electrons. The van der Waals surface area contributed by atoms with Crippen molar-refractivity contribution in [3.8, 4) is 0 Å². The van der Waals surface area contributed by atoms with Crippen LogP contribution < -0.4 is 10.6 Å². The first-order valence-electron chi connectivity index (χ1n) is 6.75. The molecule has 2 aromatic rings. The van der Waals surface area contributed by atoms with Crippen molar-refractivity contribution in [3.05, 3.63) is 40.0 Å². The van der Waals surface area contributed by atoms with E-state index in [1.54, 1.807) is 13.0 Å². The maximum Gasteiger partial charge on any atom is 0.433 e. The zero-order valence-electron chi connectivity index (χ0n) is 12.3. The summed E-state index contributed by atoms with van der Waals surface area (Å²) in [6.45, 7) is 1.28. The van der Waals surface area contributed by atoms with Gasteiger partial charge in [0.1, 0.15) is 5.82 Å². The second-order valence-corrected chi connectivity index (χ2v) is 5.78. The molecule has 0 radical (unpaired) electrons. The highest BCUT2D eigenvalue weighted by Gasteiger charge is 2.34. The first kappa shape index (κ1) is 18.6. The van der Waals surface area contributed by atoms with E-state index in [0.717, 1.165) is 6.07 Å². The molecule has 0 spiro atoms. The highest BCUT2D eigenvalue weighted by Crippen LogP contribution is 2.32. The molecule has 0 aliphatic heterocycles. The van der Waals surface area contributed by atoms with E-state index < -0.39 is 17.9 Å². The van der Waals surface area contributed by atoms with Crippen LogP contribution in [0, 0.1) is 0 Å². The molecule has 0 aliphatic rings. The molecule has 1 atom stereocenters. The smallest absolute Gasteiger partial charge is 0.394 e. The van der Waals surface area contributed by atoms with Gasteiger partial charge in [-0.15, -0.1) is 0 Å². The predicted molar refractivity (Wildman–Crippen MR) is 86.9 cm³/mol. The number of alkyl halides is 3. The number of aromatic nitrogens is 2. The van der Waals surface area contributed by atoms with E-state index in [0.29, 0.717) is 10.7 Å². The number of halogens is 5. The molecule has 2 rings (SSSR count). The lowest BCUT2D eigenvalue weighted by molar-refractivity contribution is -0.141. The number of hydrogen-bond donors (Lipinski definition) is 3. The Hall–Kier alpha value is -1.77. The van der Waals surface area contributed by atoms with Crippen molar-refractivity contribution in [2.24, 2.45) is 0 Å². The summed E-state index contributed by atoms with van der Waals surface area (Å²) in [6.07, 6.45) is -4.66. The maximum absolute atomic E-state index is 13.0. The maximum atomic E-state index is 13.0. The number of aliphatic hydroxyl groups is 1. The van der Waals surface area contributed by atoms with Gasteiger partial charge in [0.05, 0.1) is 17.3 Å². The summed E-state index contributed by atoms with van der Waals surface area (Å²) in [5, 5.41) is 14.9. The van der Waals surface area contributed by atoms with E-state index in [1.165, 1.54) is 12.1 Å². The minimum Gasteiger partial charge on any atom is -0.394 e. The van der Waals surface area contributed by atoms with Crippen LogP contribution in [-0.4, -0.2) is 27.7 Å². The van der Waals surface area contributed by atoms with Gasteiger partial charge in [-0.1, -0.05) is 23.2 Å². The van der Waals surface area contributed by atoms with Crippen molar-refractivity contribution in [1.29, 1.82) is 0 Å². The molecule has 5 nitrogen and oxygen atoms in total. The molecule has 1 aromatic carbocycles. The second kappa shape index (κ2) is 7.42. The fraction of sp³-hybridized carbons (Fsp3) is 0.286. The van der Waals surface area contributed by atoms with Gasteiger partial charge in [-0.05, 0) is 25.1 Å². The van der Waals surface area contributed by atoms with Gasteiger partial charge < -0.3 is 15.7 Å². The second-order valence-electron chi connectivity index (χ2n) is 4.94. The van der Waals surface area contributed by atoms with Gasteiger partial charge in [0.2, 0.25) is 5.95 Å². The van der Waals surface area contributed by atoms with Crippen molar-refractivity contribution in [2.45, 2.75) is 19.1 Å². The molecule has 1 aromatic heterocycles. The topological polar surface area (TPSA) is 70.1 Å². The minimum absolute atomic E-state index is 0.117. The van der Waals surface area contributed by atoms with E-state index in [-0.39, 0.29) is 23.4 Å². The lowest BCUT2D eigenvalue weighted by Gasteiger charge is -2.15. The lowest BCUT2D eigenvalue weighted by Crippen LogP contribution is -2.22. The van der Waals surface area contributed by atoms with Crippen molar-refractivity contribution >= 4 is 40.7 Å². The molecular weight excluding hydrogens is 368 g/mol. The molecule has 0 bridgehead atoms. The van der Waals surface area contributed by atoms with Gasteiger partial charge in [-0.2, -0.15) is 18.2 Å². The van der Waals surface area contributed by atoms with Crippen LogP contribution in [-0.2, 0) is 6.18 Å². The van der Waals surface area contributed by atoms with Crippen LogP contribution in [0.1, 0.15) is 12.6 Å². The summed E-state index contributed by atoms with van der Waals surface area (Å²) in [6, 6.07) is 4.75. The zero-order chi connectivity index (χ0) is 17.9. The molecule has 0 aliphatic carbocycles. The fourth-order valence-corrected chi connectivity index (χ4v) is 2.06. The minimum atomic E-state index is -4.66. The number of rotatable bonds is 5. The highest BCUT2D eigenvalue weighted by atomic mass is 35.5. The van der Waals surface area contributed by atoms with Crippen molar-refractivity contribution in [1.82, 2.24) is 9.97 Å². The van der Waals surface area contributed by atoms with Gasteiger partial charge in [0.15, 0.2) is 5.69 Å². The van der Waals surface area contributed by atoms with Crippen LogP contribution in [0.5, 0.6) is 0 Å². The Morgan fingerprint density at radius 2 is 1.92 bits per heavy atom. The van der Waals surface area contributed by atoms with Crippen LogP contribution in [0.3, 0.4) is 0 Å². The Bertz CT molecular complexity index is 728. The van der Waals surface area contributed by atoms with E-state index >= 15 is 0 Å². The van der Waals surface area contributed by atoms with Crippen LogP contribution in [0.15, 0.2) is 24.3 Å². The molecule has 10 heteroatoms. The van der Waals surface area contributed by atoms with Gasteiger partial charge in [0.25, 0.3) is 0 Å². The first-order chi connectivity index (χ1) is 11.2. The summed E-state index contributed by atoms with van der Waals surface area (Å²) in [5.74, 6) is -0.388. The largest absolute Gasteiger partial charge is 0.433 e. The number of nitrogens with zero attached hydrogens (tertiary/aromatic N) is 2. The Balaban J connectivity index is 2.40. The zero-order valence-corrected chi connectivity index (χ0v) is 13.8. The standard InChI is InChI=1S/C14H13Cl2F3N4O/c1-7(6-24)20-13-22-11(14(17,18)19)5-12(23-13)21-10-4-8(15)2-3-9(10)16/h2-5,7,24H,6H2,1H3,(H2,20,21,22,23)/t7-/m1/s1. The molecule has 0 amide bonds. The summed E-state index contributed by atoms with van der Waals surface area (Å²) in [4.78, 5) is 7.37. The van der Waals surface area contributed by atoms with Gasteiger partial charge in [0, 0.05) is 17.1 Å².